The molecule has 0 spiro atoms. The van der Waals surface area contributed by atoms with E-state index in [4.69, 9.17) is 4.74 Å². The van der Waals surface area contributed by atoms with E-state index < -0.39 is 17.4 Å². The maximum Gasteiger partial charge on any atom is 0.428 e. The van der Waals surface area contributed by atoms with Crippen LogP contribution in [-0.4, -0.2) is 9.13 Å². The van der Waals surface area contributed by atoms with Crippen molar-refractivity contribution in [1.29, 1.82) is 0 Å². The first-order valence-corrected chi connectivity index (χ1v) is 6.68. The van der Waals surface area contributed by atoms with Gasteiger partial charge in [-0.15, -0.1) is 0 Å². The van der Waals surface area contributed by atoms with Gasteiger partial charge in [0.15, 0.2) is 0 Å². The summed E-state index contributed by atoms with van der Waals surface area (Å²) in [6, 6.07) is 4.45. The van der Waals surface area contributed by atoms with Crippen molar-refractivity contribution in [2.45, 2.75) is 19.5 Å². The van der Waals surface area contributed by atoms with Crippen molar-refractivity contribution in [2.24, 2.45) is 14.1 Å². The summed E-state index contributed by atoms with van der Waals surface area (Å²) in [6.45, 7) is 1.78. The molecule has 0 unspecified atom stereocenters. The molecule has 22 heavy (non-hydrogen) atoms. The van der Waals surface area contributed by atoms with Gasteiger partial charge < -0.3 is 4.74 Å². The summed E-state index contributed by atoms with van der Waals surface area (Å²) < 4.78 is 35.3. The van der Waals surface area contributed by atoms with Crippen molar-refractivity contribution in [3.8, 4) is 5.88 Å². The molecule has 116 valence electrons. The van der Waals surface area contributed by atoms with Crippen molar-refractivity contribution >= 4 is 0 Å². The molecule has 0 radical (unpaired) electrons. The summed E-state index contributed by atoms with van der Waals surface area (Å²) in [7, 11) is 2.61. The minimum atomic E-state index is -3.61. The molecule has 0 saturated heterocycles. The fourth-order valence-electron chi connectivity index (χ4n) is 2.70. The van der Waals surface area contributed by atoms with E-state index in [0.29, 0.717) is 5.56 Å². The Balaban J connectivity index is 2.38. The van der Waals surface area contributed by atoms with Crippen LogP contribution in [0.3, 0.4) is 0 Å². The summed E-state index contributed by atoms with van der Waals surface area (Å²) in [5.41, 5.74) is -0.443. The largest absolute Gasteiger partial charge is 0.428 e. The molecule has 0 saturated carbocycles. The third-order valence-corrected chi connectivity index (χ3v) is 3.87. The van der Waals surface area contributed by atoms with E-state index in [9.17, 15) is 18.4 Å². The molecule has 0 atom stereocenters. The molecule has 5 nitrogen and oxygen atoms in total. The number of nitrogens with zero attached hydrogens (tertiary/aromatic N) is 2. The maximum atomic E-state index is 14.4. The number of rotatable bonds is 0. The molecule has 0 N–H and O–H groups in total. The fraction of sp³-hybridized carbons (Fsp3) is 0.333. The number of alkyl halides is 2. The van der Waals surface area contributed by atoms with Gasteiger partial charge in [0.1, 0.15) is 0 Å². The minimum absolute atomic E-state index is 0.0112. The van der Waals surface area contributed by atoms with Crippen molar-refractivity contribution in [1.82, 2.24) is 9.13 Å². The summed E-state index contributed by atoms with van der Waals surface area (Å²) in [6.07, 6.45) is -3.62. The normalized spacial score (nSPS) is 15.5. The highest BCUT2D eigenvalue weighted by atomic mass is 19.3. The van der Waals surface area contributed by atoms with Gasteiger partial charge in [0.2, 0.25) is 5.88 Å². The molecule has 0 aliphatic carbocycles. The quantitative estimate of drug-likeness (QED) is 0.740. The Labute approximate surface area is 124 Å². The van der Waals surface area contributed by atoms with Gasteiger partial charge >= 0.3 is 11.8 Å². The van der Waals surface area contributed by atoms with E-state index in [1.165, 1.54) is 20.2 Å². The number of aromatic nitrogens is 2. The first-order valence-electron chi connectivity index (χ1n) is 6.68. The molecule has 0 amide bonds. The zero-order chi connectivity index (χ0) is 16.2. The number of fused-ring (bicyclic) bond motifs is 2. The van der Waals surface area contributed by atoms with Crippen LogP contribution in [0.15, 0.2) is 27.8 Å². The van der Waals surface area contributed by atoms with Crippen LogP contribution in [0.1, 0.15) is 22.3 Å². The predicted molar refractivity (Wildman–Crippen MR) is 75.4 cm³/mol. The Morgan fingerprint density at radius 1 is 1.18 bits per heavy atom. The van der Waals surface area contributed by atoms with E-state index >= 15 is 0 Å². The van der Waals surface area contributed by atoms with Gasteiger partial charge in [0.05, 0.1) is 11.1 Å². The SMILES string of the molecule is Cc1ccc2c(c1)Cc1c(n(C)c(=O)n(C)c1=O)OC2(F)F. The van der Waals surface area contributed by atoms with Gasteiger partial charge in [-0.1, -0.05) is 17.7 Å². The topological polar surface area (TPSA) is 53.2 Å². The zero-order valence-electron chi connectivity index (χ0n) is 12.3. The second-order valence-electron chi connectivity index (χ2n) is 5.45. The number of benzene rings is 1. The first-order chi connectivity index (χ1) is 10.2. The van der Waals surface area contributed by atoms with Crippen LogP contribution in [0.25, 0.3) is 0 Å². The highest BCUT2D eigenvalue weighted by Gasteiger charge is 2.41. The Bertz CT molecular complexity index is 897. The Hall–Kier alpha value is -2.44. The predicted octanol–water partition coefficient (Wildman–Crippen LogP) is 1.42. The number of ether oxygens (including phenoxy) is 1. The molecular weight excluding hydrogens is 294 g/mol. The van der Waals surface area contributed by atoms with E-state index in [2.05, 4.69) is 0 Å². The summed E-state index contributed by atoms with van der Waals surface area (Å²) in [4.78, 5) is 24.2. The van der Waals surface area contributed by atoms with Gasteiger partial charge in [-0.05, 0) is 18.6 Å². The average Bonchev–Trinajstić information content (AvgIpc) is 2.57. The number of aryl methyl sites for hydroxylation is 1. The van der Waals surface area contributed by atoms with E-state index in [1.807, 2.05) is 0 Å². The van der Waals surface area contributed by atoms with Crippen molar-refractivity contribution in [3.63, 3.8) is 0 Å². The van der Waals surface area contributed by atoms with E-state index in [1.54, 1.807) is 19.1 Å². The molecule has 3 rings (SSSR count). The number of hydrogen-bond acceptors (Lipinski definition) is 3. The van der Waals surface area contributed by atoms with Crippen LogP contribution in [0.2, 0.25) is 0 Å². The second kappa shape index (κ2) is 4.53. The summed E-state index contributed by atoms with van der Waals surface area (Å²) in [5.74, 6) is -0.382. The minimum Gasteiger partial charge on any atom is -0.412 e. The Kier molecular flexibility index (Phi) is 2.98. The summed E-state index contributed by atoms with van der Waals surface area (Å²) in [5, 5.41) is 0. The highest BCUT2D eigenvalue weighted by molar-refractivity contribution is 5.42. The molecule has 1 aromatic carbocycles. The molecule has 7 heteroatoms. The molecular formula is C15H14F2N2O3. The number of hydrogen-bond donors (Lipinski definition) is 0. The van der Waals surface area contributed by atoms with Gasteiger partial charge in [-0.2, -0.15) is 8.78 Å². The highest BCUT2D eigenvalue weighted by Crippen LogP contribution is 2.38. The molecule has 2 aromatic rings. The van der Waals surface area contributed by atoms with Gasteiger partial charge in [0.25, 0.3) is 5.56 Å². The molecule has 0 bridgehead atoms. The average molecular weight is 308 g/mol. The van der Waals surface area contributed by atoms with Crippen LogP contribution in [0.5, 0.6) is 5.88 Å². The third kappa shape index (κ3) is 1.96. The second-order valence-corrected chi connectivity index (χ2v) is 5.45. The maximum absolute atomic E-state index is 14.4. The molecule has 1 aliphatic rings. The molecule has 0 fully saturated rings. The lowest BCUT2D eigenvalue weighted by molar-refractivity contribution is -0.188. The van der Waals surface area contributed by atoms with Crippen LogP contribution in [0.4, 0.5) is 8.78 Å². The van der Waals surface area contributed by atoms with Crippen LogP contribution in [0, 0.1) is 6.92 Å². The fourth-order valence-corrected chi connectivity index (χ4v) is 2.70. The lowest BCUT2D eigenvalue weighted by Gasteiger charge is -2.19. The monoisotopic (exact) mass is 308 g/mol. The van der Waals surface area contributed by atoms with Crippen LogP contribution < -0.4 is 16.0 Å². The van der Waals surface area contributed by atoms with Crippen molar-refractivity contribution in [3.05, 3.63) is 61.3 Å². The smallest absolute Gasteiger partial charge is 0.412 e. The van der Waals surface area contributed by atoms with Gasteiger partial charge in [-0.3, -0.25) is 13.9 Å². The lowest BCUT2D eigenvalue weighted by atomic mass is 9.99. The van der Waals surface area contributed by atoms with Crippen molar-refractivity contribution < 1.29 is 13.5 Å². The Morgan fingerprint density at radius 2 is 1.86 bits per heavy atom. The Morgan fingerprint density at radius 3 is 2.55 bits per heavy atom. The van der Waals surface area contributed by atoms with Crippen LogP contribution in [-0.2, 0) is 26.6 Å². The lowest BCUT2D eigenvalue weighted by Crippen LogP contribution is -2.40. The van der Waals surface area contributed by atoms with Gasteiger partial charge in [0, 0.05) is 20.5 Å². The zero-order valence-corrected chi connectivity index (χ0v) is 12.3. The van der Waals surface area contributed by atoms with Gasteiger partial charge in [-0.25, -0.2) is 4.79 Å². The molecule has 1 aromatic heterocycles. The molecule has 1 aliphatic heterocycles. The first kappa shape index (κ1) is 14.5. The standard InChI is InChI=1S/C15H14F2N2O3/c1-8-4-5-11-9(6-8)7-10-12(20)18(2)14(21)19(3)13(10)22-15(11,16)17/h4-6H,7H2,1-3H3. The van der Waals surface area contributed by atoms with Crippen molar-refractivity contribution in [2.75, 3.05) is 0 Å². The third-order valence-electron chi connectivity index (χ3n) is 3.87. The summed E-state index contributed by atoms with van der Waals surface area (Å²) >= 11 is 0. The molecule has 2 heterocycles. The number of halogens is 2. The van der Waals surface area contributed by atoms with E-state index in [0.717, 1.165) is 14.7 Å². The van der Waals surface area contributed by atoms with E-state index in [-0.39, 0.29) is 23.4 Å². The van der Waals surface area contributed by atoms with Crippen LogP contribution >= 0.6 is 0 Å².